The molecule has 1 saturated carbocycles. The summed E-state index contributed by atoms with van der Waals surface area (Å²) in [5.41, 5.74) is 1.91. The fraction of sp³-hybridized carbons (Fsp3) is 0.429. The van der Waals surface area contributed by atoms with Crippen molar-refractivity contribution in [1.29, 1.82) is 0 Å². The lowest BCUT2D eigenvalue weighted by Gasteiger charge is -2.29. The van der Waals surface area contributed by atoms with Crippen molar-refractivity contribution < 1.29 is 9.59 Å². The number of benzene rings is 1. The van der Waals surface area contributed by atoms with Crippen LogP contribution in [0.4, 0.5) is 5.69 Å². The van der Waals surface area contributed by atoms with Gasteiger partial charge in [0.1, 0.15) is 0 Å². The van der Waals surface area contributed by atoms with Gasteiger partial charge in [0, 0.05) is 23.3 Å². The molecule has 0 bridgehead atoms. The first-order chi connectivity index (χ1) is 9.61. The lowest BCUT2D eigenvalue weighted by Crippen LogP contribution is -2.51. The molecule has 0 atom stereocenters. The molecular formula is C14H16ClN3O2. The molecule has 3 rings (SSSR count). The second-order valence-electron chi connectivity index (χ2n) is 5.26. The van der Waals surface area contributed by atoms with Crippen molar-refractivity contribution in [2.75, 3.05) is 18.0 Å². The van der Waals surface area contributed by atoms with Gasteiger partial charge in [-0.05, 0) is 30.5 Å². The van der Waals surface area contributed by atoms with Gasteiger partial charge in [-0.1, -0.05) is 17.7 Å². The Balaban J connectivity index is 1.83. The van der Waals surface area contributed by atoms with Crippen LogP contribution < -0.4 is 15.5 Å². The summed E-state index contributed by atoms with van der Waals surface area (Å²) in [6, 6.07) is 6.20. The molecule has 2 aliphatic rings. The zero-order chi connectivity index (χ0) is 14.1. The van der Waals surface area contributed by atoms with Crippen molar-refractivity contribution in [2.45, 2.75) is 25.4 Å². The monoisotopic (exact) mass is 293 g/mol. The Hall–Kier alpha value is -1.59. The number of imide groups is 1. The normalized spacial score (nSPS) is 19.1. The van der Waals surface area contributed by atoms with E-state index < -0.39 is 0 Å². The lowest BCUT2D eigenvalue weighted by molar-refractivity contribution is -0.130. The Morgan fingerprint density at radius 3 is 2.60 bits per heavy atom. The maximum absolute atomic E-state index is 11.5. The number of carbonyl (C=O) groups is 2. The molecule has 20 heavy (non-hydrogen) atoms. The van der Waals surface area contributed by atoms with E-state index in [0.29, 0.717) is 11.1 Å². The van der Waals surface area contributed by atoms with Gasteiger partial charge in [0.05, 0.1) is 13.1 Å². The van der Waals surface area contributed by atoms with Crippen LogP contribution in [0.15, 0.2) is 18.2 Å². The summed E-state index contributed by atoms with van der Waals surface area (Å²) in [4.78, 5) is 24.8. The number of nitrogens with one attached hydrogen (secondary N) is 2. The molecule has 2 N–H and O–H groups in total. The fourth-order valence-electron chi connectivity index (χ4n) is 2.33. The molecule has 106 valence electrons. The van der Waals surface area contributed by atoms with Crippen LogP contribution in [0.25, 0.3) is 0 Å². The number of hydrogen-bond acceptors (Lipinski definition) is 4. The highest BCUT2D eigenvalue weighted by molar-refractivity contribution is 6.30. The summed E-state index contributed by atoms with van der Waals surface area (Å²) in [5.74, 6) is -0.551. The van der Waals surface area contributed by atoms with E-state index in [-0.39, 0.29) is 24.9 Å². The number of halogens is 1. The first-order valence-corrected chi connectivity index (χ1v) is 7.09. The molecule has 1 aliphatic heterocycles. The lowest BCUT2D eigenvalue weighted by atomic mass is 10.1. The van der Waals surface area contributed by atoms with Crippen molar-refractivity contribution in [1.82, 2.24) is 10.6 Å². The van der Waals surface area contributed by atoms with Gasteiger partial charge in [0.25, 0.3) is 0 Å². The summed E-state index contributed by atoms with van der Waals surface area (Å²) < 4.78 is 0. The molecule has 1 heterocycles. The van der Waals surface area contributed by atoms with Gasteiger partial charge in [-0.3, -0.25) is 14.9 Å². The van der Waals surface area contributed by atoms with E-state index in [1.165, 1.54) is 12.8 Å². The van der Waals surface area contributed by atoms with Crippen LogP contribution in [0.1, 0.15) is 18.4 Å². The van der Waals surface area contributed by atoms with Crippen molar-refractivity contribution in [3.63, 3.8) is 0 Å². The maximum atomic E-state index is 11.5. The zero-order valence-electron chi connectivity index (χ0n) is 11.0. The van der Waals surface area contributed by atoms with E-state index in [1.54, 1.807) is 4.90 Å². The van der Waals surface area contributed by atoms with E-state index in [1.807, 2.05) is 18.2 Å². The number of rotatable bonds is 4. The molecule has 6 heteroatoms. The Morgan fingerprint density at radius 1 is 1.25 bits per heavy atom. The number of nitrogens with zero attached hydrogens (tertiary/aromatic N) is 1. The third-order valence-electron chi connectivity index (χ3n) is 3.49. The van der Waals surface area contributed by atoms with Gasteiger partial charge in [0.2, 0.25) is 11.8 Å². The molecule has 2 fully saturated rings. The summed E-state index contributed by atoms with van der Waals surface area (Å²) >= 11 is 6.05. The second-order valence-corrected chi connectivity index (χ2v) is 5.69. The van der Waals surface area contributed by atoms with Gasteiger partial charge in [-0.2, -0.15) is 0 Å². The van der Waals surface area contributed by atoms with E-state index in [0.717, 1.165) is 17.8 Å². The first kappa shape index (κ1) is 13.4. The van der Waals surface area contributed by atoms with Crippen LogP contribution in [-0.2, 0) is 16.1 Å². The molecule has 0 unspecified atom stereocenters. The number of amides is 2. The van der Waals surface area contributed by atoms with Crippen LogP contribution in [-0.4, -0.2) is 30.9 Å². The number of carbonyl (C=O) groups excluding carboxylic acids is 2. The standard InChI is InChI=1S/C14H16ClN3O2/c15-10-2-1-9(6-16-11-3-4-11)12(5-10)18-7-13(19)17-14(20)8-18/h1-2,5,11,16H,3-4,6-8H2,(H,17,19,20). The van der Waals surface area contributed by atoms with E-state index in [9.17, 15) is 9.59 Å². The van der Waals surface area contributed by atoms with Crippen LogP contribution in [0.5, 0.6) is 0 Å². The maximum Gasteiger partial charge on any atom is 0.246 e. The summed E-state index contributed by atoms with van der Waals surface area (Å²) in [7, 11) is 0. The Bertz CT molecular complexity index is 541. The summed E-state index contributed by atoms with van der Waals surface area (Å²) in [5, 5.41) is 6.35. The minimum Gasteiger partial charge on any atom is -0.353 e. The average Bonchev–Trinajstić information content (AvgIpc) is 3.20. The summed E-state index contributed by atoms with van der Waals surface area (Å²) in [6.45, 7) is 1.09. The molecule has 2 amide bonds. The van der Waals surface area contributed by atoms with Crippen molar-refractivity contribution in [3.8, 4) is 0 Å². The second kappa shape index (κ2) is 5.42. The quantitative estimate of drug-likeness (QED) is 0.815. The molecule has 1 aromatic carbocycles. The Morgan fingerprint density at radius 2 is 1.95 bits per heavy atom. The van der Waals surface area contributed by atoms with Crippen LogP contribution in [0.3, 0.4) is 0 Å². The van der Waals surface area contributed by atoms with E-state index in [4.69, 9.17) is 11.6 Å². The predicted molar refractivity (Wildman–Crippen MR) is 76.7 cm³/mol. The third-order valence-corrected chi connectivity index (χ3v) is 3.73. The number of piperazine rings is 1. The van der Waals surface area contributed by atoms with Crippen LogP contribution in [0, 0.1) is 0 Å². The number of hydrogen-bond donors (Lipinski definition) is 2. The summed E-state index contributed by atoms with van der Waals surface area (Å²) in [6.07, 6.45) is 2.43. The average molecular weight is 294 g/mol. The van der Waals surface area contributed by atoms with Crippen molar-refractivity contribution in [2.24, 2.45) is 0 Å². The largest absolute Gasteiger partial charge is 0.353 e. The van der Waals surface area contributed by atoms with Gasteiger partial charge in [-0.25, -0.2) is 0 Å². The molecule has 0 spiro atoms. The van der Waals surface area contributed by atoms with Crippen LogP contribution in [0.2, 0.25) is 5.02 Å². The predicted octanol–water partition coefficient (Wildman–Crippen LogP) is 1.05. The molecule has 1 aliphatic carbocycles. The van der Waals surface area contributed by atoms with E-state index >= 15 is 0 Å². The molecule has 1 aromatic rings. The smallest absolute Gasteiger partial charge is 0.246 e. The minimum atomic E-state index is -0.276. The van der Waals surface area contributed by atoms with Gasteiger partial charge in [-0.15, -0.1) is 0 Å². The highest BCUT2D eigenvalue weighted by Crippen LogP contribution is 2.27. The Labute approximate surface area is 122 Å². The molecule has 1 saturated heterocycles. The van der Waals surface area contributed by atoms with E-state index in [2.05, 4.69) is 10.6 Å². The third kappa shape index (κ3) is 3.11. The molecule has 5 nitrogen and oxygen atoms in total. The zero-order valence-corrected chi connectivity index (χ0v) is 11.7. The topological polar surface area (TPSA) is 61.4 Å². The molecular weight excluding hydrogens is 278 g/mol. The Kier molecular flexibility index (Phi) is 3.63. The van der Waals surface area contributed by atoms with Crippen molar-refractivity contribution >= 4 is 29.1 Å². The molecule has 0 aromatic heterocycles. The van der Waals surface area contributed by atoms with Crippen molar-refractivity contribution in [3.05, 3.63) is 28.8 Å². The molecule has 0 radical (unpaired) electrons. The fourth-order valence-corrected chi connectivity index (χ4v) is 2.50. The van der Waals surface area contributed by atoms with Gasteiger partial charge >= 0.3 is 0 Å². The highest BCUT2D eigenvalue weighted by atomic mass is 35.5. The number of anilines is 1. The SMILES string of the molecule is O=C1CN(c2cc(Cl)ccc2CNC2CC2)CC(=O)N1. The van der Waals surface area contributed by atoms with Gasteiger partial charge < -0.3 is 10.2 Å². The van der Waals surface area contributed by atoms with Crippen LogP contribution >= 0.6 is 11.6 Å². The first-order valence-electron chi connectivity index (χ1n) is 6.71. The highest BCUT2D eigenvalue weighted by Gasteiger charge is 2.25. The van der Waals surface area contributed by atoms with Gasteiger partial charge in [0.15, 0.2) is 0 Å². The minimum absolute atomic E-state index is 0.183.